The van der Waals surface area contributed by atoms with Crippen LogP contribution in [0.3, 0.4) is 0 Å². The summed E-state index contributed by atoms with van der Waals surface area (Å²) in [5.74, 6) is -1.86. The molecule has 0 bridgehead atoms. The van der Waals surface area contributed by atoms with E-state index in [-0.39, 0.29) is 39.8 Å². The van der Waals surface area contributed by atoms with Crippen molar-refractivity contribution >= 4 is 34.2 Å². The molecule has 3 aromatic rings. The van der Waals surface area contributed by atoms with Crippen LogP contribution in [0.25, 0.3) is 10.8 Å². The van der Waals surface area contributed by atoms with E-state index in [1.807, 2.05) is 0 Å². The Kier molecular flexibility index (Phi) is 5.05. The minimum absolute atomic E-state index is 0.101. The maximum Gasteiger partial charge on any atom is 0.297 e. The largest absolute Gasteiger partial charge is 0.494 e. The first-order valence-corrected chi connectivity index (χ1v) is 8.21. The van der Waals surface area contributed by atoms with Gasteiger partial charge in [-0.25, -0.2) is 0 Å². The lowest BCUT2D eigenvalue weighted by Crippen LogP contribution is -1.98. The summed E-state index contributed by atoms with van der Waals surface area (Å²) in [4.78, 5) is 24.2. The quantitative estimate of drug-likeness (QED) is 0.517. The van der Waals surface area contributed by atoms with E-state index in [0.717, 1.165) is 0 Å². The predicted molar refractivity (Wildman–Crippen MR) is 100 cm³/mol. The maximum absolute atomic E-state index is 12.2. The van der Waals surface area contributed by atoms with Gasteiger partial charge in [-0.2, -0.15) is 0 Å². The summed E-state index contributed by atoms with van der Waals surface area (Å²) >= 11 is 5.91. The lowest BCUT2D eigenvalue weighted by molar-refractivity contribution is 0.0947. The van der Waals surface area contributed by atoms with Crippen molar-refractivity contribution in [1.29, 1.82) is 0 Å². The lowest BCUT2D eigenvalue weighted by Gasteiger charge is -2.01. The summed E-state index contributed by atoms with van der Waals surface area (Å²) in [6.45, 7) is 3.76. The zero-order valence-corrected chi connectivity index (χ0v) is 14.7. The van der Waals surface area contributed by atoms with Gasteiger partial charge < -0.3 is 10.2 Å². The zero-order valence-electron chi connectivity index (χ0n) is 14.0. The van der Waals surface area contributed by atoms with Crippen LogP contribution in [0.4, 0.5) is 0 Å². The number of halogens is 1. The minimum Gasteiger partial charge on any atom is -0.494 e. The van der Waals surface area contributed by atoms with Crippen molar-refractivity contribution in [2.75, 3.05) is 0 Å². The molecule has 7 nitrogen and oxygen atoms in total. The molecule has 0 atom stereocenters. The third-order valence-electron chi connectivity index (χ3n) is 3.91. The fourth-order valence-electron chi connectivity index (χ4n) is 2.59. The first kappa shape index (κ1) is 18.3. The van der Waals surface area contributed by atoms with Gasteiger partial charge in [0.25, 0.3) is 11.8 Å². The molecule has 0 radical (unpaired) electrons. The Morgan fingerprint density at radius 3 is 2.41 bits per heavy atom. The molecule has 3 rings (SSSR count). The summed E-state index contributed by atoms with van der Waals surface area (Å²) in [5.41, 5.74) is 0.236. The van der Waals surface area contributed by atoms with Crippen LogP contribution < -0.4 is 0 Å². The van der Waals surface area contributed by atoms with E-state index >= 15 is 0 Å². The predicted octanol–water partition coefficient (Wildman–Crippen LogP) is 4.32. The number of hydrogen-bond acceptors (Lipinski definition) is 4. The summed E-state index contributed by atoms with van der Waals surface area (Å²) in [6, 6.07) is 10.5. The molecule has 2 N–H and O–H groups in total. The van der Waals surface area contributed by atoms with E-state index in [1.54, 1.807) is 12.1 Å². The van der Waals surface area contributed by atoms with Crippen molar-refractivity contribution in [3.8, 4) is 11.8 Å². The van der Waals surface area contributed by atoms with Gasteiger partial charge in [0.1, 0.15) is 0 Å². The highest BCUT2D eigenvalue weighted by atomic mass is 35.5. The summed E-state index contributed by atoms with van der Waals surface area (Å²) in [7, 11) is 0. The molecule has 0 spiro atoms. The van der Waals surface area contributed by atoms with Crippen molar-refractivity contribution in [2.24, 2.45) is 10.2 Å². The molecule has 0 aliphatic carbocycles. The van der Waals surface area contributed by atoms with Crippen LogP contribution in [-0.4, -0.2) is 26.6 Å². The average Bonchev–Trinajstić information content (AvgIpc) is 2.91. The summed E-state index contributed by atoms with van der Waals surface area (Å²) < 4.78 is 1.24. The lowest BCUT2D eigenvalue weighted by atomic mass is 10.1. The van der Waals surface area contributed by atoms with Gasteiger partial charge in [-0.15, -0.1) is 16.8 Å². The Balaban J connectivity index is 1.90. The maximum atomic E-state index is 12.2. The standard InChI is InChI=1S/C19H14ClN3O4/c1-2-9-23-18(26)12-8-7-11(10-14(12)19(23)27)16(24)21-22-17(25)13-5-3-4-6-15(13)20/h2-8,10,26-27H,1,9H2. The highest BCUT2D eigenvalue weighted by molar-refractivity contribution is 6.33. The van der Waals surface area contributed by atoms with Crippen LogP contribution in [0.5, 0.6) is 11.8 Å². The summed E-state index contributed by atoms with van der Waals surface area (Å²) in [5, 5.41) is 28.0. The first-order chi connectivity index (χ1) is 12.9. The molecular weight excluding hydrogens is 370 g/mol. The second-order valence-corrected chi connectivity index (χ2v) is 6.00. The topological polar surface area (TPSA) is 104 Å². The van der Waals surface area contributed by atoms with Gasteiger partial charge in [-0.1, -0.05) is 29.8 Å². The van der Waals surface area contributed by atoms with E-state index < -0.39 is 11.8 Å². The second-order valence-electron chi connectivity index (χ2n) is 5.60. The number of aromatic nitrogens is 1. The van der Waals surface area contributed by atoms with Gasteiger partial charge >= 0.3 is 0 Å². The van der Waals surface area contributed by atoms with E-state index in [0.29, 0.717) is 5.39 Å². The number of rotatable bonds is 4. The number of carbonyl (C=O) groups is 2. The van der Waals surface area contributed by atoms with Crippen molar-refractivity contribution < 1.29 is 19.8 Å². The SMILES string of the molecule is C=CCn1c(O)c2ccc(C(=O)N=NC(=O)c3ccccc3Cl)cc2c1O. The fraction of sp³-hybridized carbons (Fsp3) is 0.0526. The normalized spacial score (nSPS) is 11.1. The third-order valence-corrected chi connectivity index (χ3v) is 4.24. The number of amides is 2. The second kappa shape index (κ2) is 7.43. The Hall–Kier alpha value is -3.45. The number of hydrogen-bond donors (Lipinski definition) is 2. The van der Waals surface area contributed by atoms with E-state index in [1.165, 1.54) is 41.0 Å². The van der Waals surface area contributed by atoms with Crippen LogP contribution in [0.1, 0.15) is 20.7 Å². The summed E-state index contributed by atoms with van der Waals surface area (Å²) in [6.07, 6.45) is 1.51. The smallest absolute Gasteiger partial charge is 0.297 e. The van der Waals surface area contributed by atoms with Gasteiger partial charge in [0.15, 0.2) is 0 Å². The first-order valence-electron chi connectivity index (χ1n) is 7.84. The Morgan fingerprint density at radius 1 is 1.04 bits per heavy atom. The molecule has 8 heteroatoms. The molecule has 0 fully saturated rings. The highest BCUT2D eigenvalue weighted by Gasteiger charge is 2.17. The van der Waals surface area contributed by atoms with Crippen LogP contribution >= 0.6 is 11.6 Å². The molecule has 27 heavy (non-hydrogen) atoms. The molecule has 0 aliphatic rings. The fourth-order valence-corrected chi connectivity index (χ4v) is 2.80. The molecule has 2 aromatic carbocycles. The van der Waals surface area contributed by atoms with Crippen LogP contribution in [0, 0.1) is 0 Å². The number of nitrogens with zero attached hydrogens (tertiary/aromatic N) is 3. The van der Waals surface area contributed by atoms with Gasteiger partial charge in [0.05, 0.1) is 10.6 Å². The molecule has 1 heterocycles. The van der Waals surface area contributed by atoms with Gasteiger partial charge in [-0.05, 0) is 30.3 Å². The van der Waals surface area contributed by atoms with Crippen LogP contribution in [0.2, 0.25) is 5.02 Å². The van der Waals surface area contributed by atoms with E-state index in [9.17, 15) is 19.8 Å². The van der Waals surface area contributed by atoms with Crippen molar-refractivity contribution in [3.63, 3.8) is 0 Å². The average molecular weight is 384 g/mol. The molecular formula is C19H14ClN3O4. The Bertz CT molecular complexity index is 1100. The van der Waals surface area contributed by atoms with Crippen LogP contribution in [0.15, 0.2) is 65.3 Å². The van der Waals surface area contributed by atoms with Crippen molar-refractivity contribution in [2.45, 2.75) is 6.54 Å². The minimum atomic E-state index is -0.771. The number of fused-ring (bicyclic) bond motifs is 1. The van der Waals surface area contributed by atoms with Gasteiger partial charge in [0.2, 0.25) is 11.8 Å². The van der Waals surface area contributed by atoms with Crippen molar-refractivity contribution in [1.82, 2.24) is 4.57 Å². The molecule has 0 saturated heterocycles. The van der Waals surface area contributed by atoms with E-state index in [4.69, 9.17) is 11.6 Å². The van der Waals surface area contributed by atoms with Crippen LogP contribution in [-0.2, 0) is 6.54 Å². The van der Waals surface area contributed by atoms with Gasteiger partial charge in [-0.3, -0.25) is 14.2 Å². The van der Waals surface area contributed by atoms with E-state index in [2.05, 4.69) is 16.8 Å². The third kappa shape index (κ3) is 3.45. The number of benzene rings is 2. The highest BCUT2D eigenvalue weighted by Crippen LogP contribution is 2.36. The number of azo groups is 1. The molecule has 0 aliphatic heterocycles. The monoisotopic (exact) mass is 383 g/mol. The molecule has 0 saturated carbocycles. The van der Waals surface area contributed by atoms with Crippen molar-refractivity contribution in [3.05, 3.63) is 71.3 Å². The number of allylic oxidation sites excluding steroid dienone is 1. The molecule has 1 aromatic heterocycles. The molecule has 0 unspecified atom stereocenters. The number of aromatic hydroxyl groups is 2. The molecule has 2 amide bonds. The Morgan fingerprint density at radius 2 is 1.70 bits per heavy atom. The molecule has 136 valence electrons. The Labute approximate surface area is 158 Å². The van der Waals surface area contributed by atoms with Gasteiger partial charge in [0, 0.05) is 22.9 Å². The number of carbonyl (C=O) groups excluding carboxylic acids is 2. The zero-order chi connectivity index (χ0) is 19.6.